The number of anilines is 8. The Morgan fingerprint density at radius 3 is 1.14 bits per heavy atom. The van der Waals surface area contributed by atoms with Gasteiger partial charge in [0.15, 0.2) is 0 Å². The summed E-state index contributed by atoms with van der Waals surface area (Å²) in [7, 11) is 0. The molecule has 3 heterocycles. The summed E-state index contributed by atoms with van der Waals surface area (Å²) in [5.74, 6) is 0. The van der Waals surface area contributed by atoms with Crippen molar-refractivity contribution >= 4 is 68.6 Å². The molecule has 4 heteroatoms. The molecule has 9 aromatic rings. The molecule has 3 aliphatic heterocycles. The molecule has 430 valence electrons. The van der Waals surface area contributed by atoms with Crippen LogP contribution in [-0.2, 0) is 32.5 Å². The van der Waals surface area contributed by atoms with E-state index in [9.17, 15) is 0 Å². The molecule has 2 atom stereocenters. The quantitative estimate of drug-likeness (QED) is 0.154. The van der Waals surface area contributed by atoms with E-state index in [1.54, 1.807) is 0 Å². The van der Waals surface area contributed by atoms with Crippen molar-refractivity contribution in [2.24, 2.45) is 0 Å². The first-order valence-electron chi connectivity index (χ1n) is 31.7. The monoisotopic (exact) mass is 1110 g/mol. The maximum Gasteiger partial charge on any atom is 0.252 e. The third kappa shape index (κ3) is 9.13. The number of nitrogens with zero attached hydrogens (tertiary/aromatic N) is 3. The summed E-state index contributed by atoms with van der Waals surface area (Å²) in [6.45, 7) is 38.0. The molecule has 0 aromatic heterocycles. The van der Waals surface area contributed by atoms with Gasteiger partial charge in [0, 0.05) is 50.7 Å². The van der Waals surface area contributed by atoms with Crippen LogP contribution in [0.2, 0.25) is 0 Å². The summed E-state index contributed by atoms with van der Waals surface area (Å²) in [6.07, 6.45) is 4.47. The summed E-state index contributed by atoms with van der Waals surface area (Å²) < 4.78 is 0. The molecule has 13 rings (SSSR count). The average molecular weight is 1110 g/mol. The van der Waals surface area contributed by atoms with Gasteiger partial charge < -0.3 is 14.7 Å². The molecule has 1 fully saturated rings. The van der Waals surface area contributed by atoms with Gasteiger partial charge in [-0.15, -0.1) is 0 Å². The molecule has 1 aliphatic carbocycles. The van der Waals surface area contributed by atoms with E-state index in [1.165, 1.54) is 130 Å². The maximum atomic E-state index is 2.86. The highest BCUT2D eigenvalue weighted by Gasteiger charge is 2.62. The zero-order valence-corrected chi connectivity index (χ0v) is 53.7. The number of benzene rings is 9. The molecule has 0 radical (unpaired) electrons. The molecule has 9 aromatic carbocycles. The molecule has 3 nitrogen and oxygen atoms in total. The second-order valence-electron chi connectivity index (χ2n) is 30.8. The van der Waals surface area contributed by atoms with Gasteiger partial charge >= 0.3 is 0 Å². The maximum absolute atomic E-state index is 2.86. The number of fused-ring (bicyclic) bond motifs is 7. The van der Waals surface area contributed by atoms with Crippen LogP contribution in [0.3, 0.4) is 0 Å². The first kappa shape index (κ1) is 56.6. The van der Waals surface area contributed by atoms with Crippen LogP contribution in [0.1, 0.15) is 175 Å². The molecule has 0 spiro atoms. The van der Waals surface area contributed by atoms with E-state index in [2.05, 4.69) is 320 Å². The molecule has 0 saturated heterocycles. The van der Waals surface area contributed by atoms with Crippen LogP contribution in [0.15, 0.2) is 194 Å². The summed E-state index contributed by atoms with van der Waals surface area (Å²) in [5.41, 5.74) is 27.3. The van der Waals surface area contributed by atoms with Crippen molar-refractivity contribution < 1.29 is 0 Å². The van der Waals surface area contributed by atoms with Crippen LogP contribution < -0.4 is 31.1 Å². The summed E-state index contributed by atoms with van der Waals surface area (Å²) in [4.78, 5) is 8.28. The Labute approximate surface area is 510 Å². The highest BCUT2D eigenvalue weighted by molar-refractivity contribution is 7.00. The minimum atomic E-state index is -0.322. The Bertz CT molecular complexity index is 3870. The van der Waals surface area contributed by atoms with Crippen LogP contribution in [0.5, 0.6) is 0 Å². The van der Waals surface area contributed by atoms with Crippen LogP contribution in [0, 0.1) is 0 Å². The molecular weight excluding hydrogens is 1030 g/mol. The second kappa shape index (κ2) is 19.7. The SMILES string of the molecule is CC(C)(C)c1ccc2c(c1)B1c3cc(C(C)(C)C)ccc3N(c3ccc(C(C)(C)C)cc3-c3ccccc3)c3cc(N4c5ccc(C(C)(C)C)cc5C5(c6ccccc6)CCCCC45C)cc(c31)N2c1ccc(C(C)(C)C)cc1-c1ccccc1. The van der Waals surface area contributed by atoms with Gasteiger partial charge in [-0.25, -0.2) is 0 Å². The van der Waals surface area contributed by atoms with Crippen molar-refractivity contribution in [3.8, 4) is 22.3 Å². The zero-order chi connectivity index (χ0) is 60.0. The fraction of sp³-hybridized carbons (Fsp3) is 0.333. The topological polar surface area (TPSA) is 9.72 Å². The van der Waals surface area contributed by atoms with Crippen molar-refractivity contribution in [2.75, 3.05) is 14.7 Å². The van der Waals surface area contributed by atoms with E-state index in [1.807, 2.05) is 0 Å². The van der Waals surface area contributed by atoms with Gasteiger partial charge in [0.05, 0.1) is 16.9 Å². The van der Waals surface area contributed by atoms with Gasteiger partial charge in [0.2, 0.25) is 0 Å². The van der Waals surface area contributed by atoms with E-state index in [0.29, 0.717) is 0 Å². The van der Waals surface area contributed by atoms with Crippen molar-refractivity contribution in [1.82, 2.24) is 0 Å². The Morgan fingerprint density at radius 2 is 0.718 bits per heavy atom. The van der Waals surface area contributed by atoms with Gasteiger partial charge in [-0.05, 0) is 168 Å². The molecule has 2 unspecified atom stereocenters. The van der Waals surface area contributed by atoms with Crippen molar-refractivity contribution in [1.29, 1.82) is 0 Å². The molecule has 1 saturated carbocycles. The minimum absolute atomic E-state index is 0.0319. The Balaban J connectivity index is 1.22. The van der Waals surface area contributed by atoms with Gasteiger partial charge in [-0.1, -0.05) is 256 Å². The van der Waals surface area contributed by atoms with Gasteiger partial charge in [0.25, 0.3) is 6.71 Å². The highest BCUT2D eigenvalue weighted by atomic mass is 15.3. The van der Waals surface area contributed by atoms with E-state index in [4.69, 9.17) is 0 Å². The van der Waals surface area contributed by atoms with Gasteiger partial charge in [-0.2, -0.15) is 0 Å². The second-order valence-corrected chi connectivity index (χ2v) is 30.8. The van der Waals surface area contributed by atoms with Crippen LogP contribution >= 0.6 is 0 Å². The van der Waals surface area contributed by atoms with E-state index >= 15 is 0 Å². The molecule has 4 aliphatic rings. The lowest BCUT2D eigenvalue weighted by Gasteiger charge is -2.53. The lowest BCUT2D eigenvalue weighted by atomic mass is 9.33. The normalized spacial score (nSPS) is 18.4. The lowest BCUT2D eigenvalue weighted by Crippen LogP contribution is -2.62. The third-order valence-corrected chi connectivity index (χ3v) is 20.1. The average Bonchev–Trinajstić information content (AvgIpc) is 1.67. The molecule has 0 amide bonds. The highest BCUT2D eigenvalue weighted by Crippen LogP contribution is 2.65. The van der Waals surface area contributed by atoms with Gasteiger partial charge in [-0.3, -0.25) is 0 Å². The Morgan fingerprint density at radius 1 is 0.353 bits per heavy atom. The zero-order valence-electron chi connectivity index (χ0n) is 53.7. The number of hydrogen-bond acceptors (Lipinski definition) is 3. The first-order chi connectivity index (χ1) is 40.2. The van der Waals surface area contributed by atoms with E-state index in [0.717, 1.165) is 19.3 Å². The van der Waals surface area contributed by atoms with Crippen molar-refractivity contribution in [2.45, 2.75) is 174 Å². The van der Waals surface area contributed by atoms with Crippen molar-refractivity contribution in [3.05, 3.63) is 233 Å². The largest absolute Gasteiger partial charge is 0.334 e. The first-order valence-corrected chi connectivity index (χ1v) is 31.7. The third-order valence-electron chi connectivity index (χ3n) is 20.1. The molecular formula is C81H88BN3. The predicted octanol–water partition coefficient (Wildman–Crippen LogP) is 20.4. The molecule has 0 N–H and O–H groups in total. The van der Waals surface area contributed by atoms with Crippen molar-refractivity contribution in [3.63, 3.8) is 0 Å². The summed E-state index contributed by atoms with van der Waals surface area (Å²) in [6, 6.07) is 76.6. The number of rotatable bonds is 6. The lowest BCUT2D eigenvalue weighted by molar-refractivity contribution is 0.215. The summed E-state index contributed by atoms with van der Waals surface area (Å²) in [5, 5.41) is 0. The number of hydrogen-bond donors (Lipinski definition) is 0. The van der Waals surface area contributed by atoms with E-state index < -0.39 is 0 Å². The molecule has 0 bridgehead atoms. The predicted molar refractivity (Wildman–Crippen MR) is 368 cm³/mol. The van der Waals surface area contributed by atoms with Gasteiger partial charge in [0.1, 0.15) is 0 Å². The minimum Gasteiger partial charge on any atom is -0.334 e. The Hall–Kier alpha value is -7.56. The fourth-order valence-corrected chi connectivity index (χ4v) is 15.3. The van der Waals surface area contributed by atoms with E-state index in [-0.39, 0.29) is 44.7 Å². The molecule has 85 heavy (non-hydrogen) atoms. The fourth-order valence-electron chi connectivity index (χ4n) is 15.3. The smallest absolute Gasteiger partial charge is 0.252 e. The van der Waals surface area contributed by atoms with Crippen LogP contribution in [0.25, 0.3) is 22.3 Å². The summed E-state index contributed by atoms with van der Waals surface area (Å²) >= 11 is 0. The van der Waals surface area contributed by atoms with Crippen LogP contribution in [-0.4, -0.2) is 12.3 Å². The standard InChI is InChI=1S/C81H88BN3/c1-75(2,3)56-34-39-67(62(46-56)53-28-20-17-21-29-53)83-70-42-37-59(78(10,11)12)49-65(70)82-66-50-60(79(13,14)15)38-43-71(66)84(68-40-35-57(76(4,5)6)47-63(68)54-30-22-18-23-31-54)73-52-61(51-72(83)74(73)82)85-69-41-36-58(77(7,8)9)48-64(69)81(55-32-24-19-25-33-55)45-27-26-44-80(81,85)16/h17-25,28-43,46-52H,26-27,44-45H2,1-16H3. The Kier molecular flexibility index (Phi) is 13.1. The van der Waals surface area contributed by atoms with Crippen LogP contribution in [0.4, 0.5) is 45.5 Å².